The summed E-state index contributed by atoms with van der Waals surface area (Å²) in [6.45, 7) is 2.02. The second-order valence-electron chi connectivity index (χ2n) is 7.69. The van der Waals surface area contributed by atoms with Gasteiger partial charge in [0.2, 0.25) is 11.9 Å². The average Bonchev–Trinajstić information content (AvgIpc) is 3.18. The van der Waals surface area contributed by atoms with Crippen LogP contribution in [-0.4, -0.2) is 45.6 Å². The Morgan fingerprint density at radius 1 is 1.00 bits per heavy atom. The topological polar surface area (TPSA) is 63.1 Å². The molecule has 1 aromatic heterocycles. The number of hydrogen-bond acceptors (Lipinski definition) is 5. The number of benzene rings is 1. The van der Waals surface area contributed by atoms with Gasteiger partial charge in [-0.25, -0.2) is 0 Å². The molecule has 2 aliphatic rings. The molecule has 0 spiro atoms. The van der Waals surface area contributed by atoms with Gasteiger partial charge in [-0.3, -0.25) is 9.36 Å². The van der Waals surface area contributed by atoms with Crippen LogP contribution in [0.4, 0.5) is 5.95 Å². The number of piperidine rings is 1. The largest absolute Gasteiger partial charge is 0.353 e. The van der Waals surface area contributed by atoms with Crippen LogP contribution < -0.4 is 10.2 Å². The van der Waals surface area contributed by atoms with Gasteiger partial charge in [-0.05, 0) is 44.2 Å². The smallest absolute Gasteiger partial charge is 0.232 e. The van der Waals surface area contributed by atoms with Crippen LogP contribution in [0.1, 0.15) is 51.4 Å². The number of carbonyl (C=O) groups excluding carboxylic acids is 1. The predicted molar refractivity (Wildman–Crippen MR) is 113 cm³/mol. The Balaban J connectivity index is 1.48. The lowest BCUT2D eigenvalue weighted by atomic mass is 9.95. The molecule has 150 valence electrons. The number of amides is 1. The van der Waals surface area contributed by atoms with Gasteiger partial charge < -0.3 is 10.2 Å². The quantitative estimate of drug-likeness (QED) is 0.749. The van der Waals surface area contributed by atoms with Gasteiger partial charge in [-0.1, -0.05) is 49.2 Å². The summed E-state index contributed by atoms with van der Waals surface area (Å²) in [6, 6.07) is 10.6. The minimum Gasteiger partial charge on any atom is -0.353 e. The van der Waals surface area contributed by atoms with E-state index in [0.717, 1.165) is 42.7 Å². The number of carbonyl (C=O) groups is 1. The molecule has 1 N–H and O–H groups in total. The molecule has 2 heterocycles. The zero-order chi connectivity index (χ0) is 19.2. The maximum Gasteiger partial charge on any atom is 0.232 e. The number of thioether (sulfide) groups is 1. The van der Waals surface area contributed by atoms with Crippen LogP contribution in [0.15, 0.2) is 35.5 Å². The van der Waals surface area contributed by atoms with E-state index in [1.807, 2.05) is 18.2 Å². The molecule has 1 aliphatic carbocycles. The molecule has 6 nitrogen and oxygen atoms in total. The summed E-state index contributed by atoms with van der Waals surface area (Å²) in [7, 11) is 0. The molecule has 1 aromatic carbocycles. The highest BCUT2D eigenvalue weighted by Crippen LogP contribution is 2.28. The Morgan fingerprint density at radius 2 is 1.71 bits per heavy atom. The maximum absolute atomic E-state index is 12.4. The Kier molecular flexibility index (Phi) is 6.52. The van der Waals surface area contributed by atoms with Gasteiger partial charge in [-0.2, -0.15) is 0 Å². The summed E-state index contributed by atoms with van der Waals surface area (Å²) in [4.78, 5) is 14.8. The molecular weight excluding hydrogens is 370 g/mol. The lowest BCUT2D eigenvalue weighted by molar-refractivity contribution is -0.119. The van der Waals surface area contributed by atoms with E-state index >= 15 is 0 Å². The monoisotopic (exact) mass is 399 g/mol. The summed E-state index contributed by atoms with van der Waals surface area (Å²) in [5, 5.41) is 12.9. The molecular formula is C21H29N5OS. The fourth-order valence-corrected chi connectivity index (χ4v) is 4.86. The van der Waals surface area contributed by atoms with Crippen molar-refractivity contribution in [3.63, 3.8) is 0 Å². The van der Waals surface area contributed by atoms with E-state index in [9.17, 15) is 4.79 Å². The Bertz CT molecular complexity index is 766. The average molecular weight is 400 g/mol. The van der Waals surface area contributed by atoms with E-state index in [0.29, 0.717) is 11.8 Å². The molecule has 1 aliphatic heterocycles. The molecule has 0 radical (unpaired) electrons. The van der Waals surface area contributed by atoms with Crippen LogP contribution in [-0.2, 0) is 4.79 Å². The molecule has 0 unspecified atom stereocenters. The van der Waals surface area contributed by atoms with Crippen molar-refractivity contribution in [1.29, 1.82) is 0 Å². The highest BCUT2D eigenvalue weighted by molar-refractivity contribution is 7.99. The number of rotatable bonds is 6. The van der Waals surface area contributed by atoms with Gasteiger partial charge in [0.25, 0.3) is 0 Å². The van der Waals surface area contributed by atoms with Crippen molar-refractivity contribution in [2.24, 2.45) is 0 Å². The highest BCUT2D eigenvalue weighted by atomic mass is 32.2. The molecule has 28 heavy (non-hydrogen) atoms. The third-order valence-corrected chi connectivity index (χ3v) is 6.50. The lowest BCUT2D eigenvalue weighted by Gasteiger charge is -2.27. The Labute approximate surface area is 171 Å². The number of hydrogen-bond donors (Lipinski definition) is 1. The minimum atomic E-state index is 0.0963. The maximum atomic E-state index is 12.4. The van der Waals surface area contributed by atoms with Crippen molar-refractivity contribution < 1.29 is 4.79 Å². The van der Waals surface area contributed by atoms with Crippen molar-refractivity contribution in [2.45, 2.75) is 62.6 Å². The van der Waals surface area contributed by atoms with E-state index < -0.39 is 0 Å². The van der Waals surface area contributed by atoms with Crippen LogP contribution in [0.5, 0.6) is 0 Å². The Hall–Kier alpha value is -2.02. The van der Waals surface area contributed by atoms with Gasteiger partial charge in [0.1, 0.15) is 0 Å². The third kappa shape index (κ3) is 4.69. The predicted octanol–water partition coefficient (Wildman–Crippen LogP) is 3.80. The summed E-state index contributed by atoms with van der Waals surface area (Å²) >= 11 is 1.47. The second kappa shape index (κ2) is 9.45. The van der Waals surface area contributed by atoms with Gasteiger partial charge in [-0.15, -0.1) is 10.2 Å². The zero-order valence-corrected chi connectivity index (χ0v) is 17.2. The van der Waals surface area contributed by atoms with Gasteiger partial charge in [0.15, 0.2) is 5.16 Å². The number of para-hydroxylation sites is 1. The van der Waals surface area contributed by atoms with Crippen molar-refractivity contribution in [3.05, 3.63) is 30.3 Å². The molecule has 2 aromatic rings. The first kappa shape index (κ1) is 19.3. The van der Waals surface area contributed by atoms with Crippen molar-refractivity contribution in [2.75, 3.05) is 23.7 Å². The highest BCUT2D eigenvalue weighted by Gasteiger charge is 2.22. The van der Waals surface area contributed by atoms with Crippen LogP contribution >= 0.6 is 11.8 Å². The zero-order valence-electron chi connectivity index (χ0n) is 16.3. The summed E-state index contributed by atoms with van der Waals surface area (Å²) in [5.41, 5.74) is 1.04. The summed E-state index contributed by atoms with van der Waals surface area (Å²) in [6.07, 6.45) is 9.60. The van der Waals surface area contributed by atoms with Crippen molar-refractivity contribution in [1.82, 2.24) is 20.1 Å². The number of nitrogens with zero attached hydrogens (tertiary/aromatic N) is 4. The number of aromatic nitrogens is 3. The van der Waals surface area contributed by atoms with Crippen LogP contribution in [0.25, 0.3) is 5.69 Å². The van der Waals surface area contributed by atoms with E-state index in [-0.39, 0.29) is 5.91 Å². The first-order valence-corrected chi connectivity index (χ1v) is 11.5. The van der Waals surface area contributed by atoms with Crippen LogP contribution in [0, 0.1) is 0 Å². The SMILES string of the molecule is O=C(CSc1nnc(N2CCCCC2)n1-c1ccccc1)NC1CCCCC1. The van der Waals surface area contributed by atoms with Gasteiger partial charge >= 0.3 is 0 Å². The molecule has 1 amide bonds. The third-order valence-electron chi connectivity index (χ3n) is 5.57. The van der Waals surface area contributed by atoms with E-state index in [2.05, 4.69) is 37.1 Å². The molecule has 0 bridgehead atoms. The van der Waals surface area contributed by atoms with Crippen molar-refractivity contribution in [3.8, 4) is 5.69 Å². The second-order valence-corrected chi connectivity index (χ2v) is 8.63. The fourth-order valence-electron chi connectivity index (χ4n) is 4.10. The number of nitrogens with one attached hydrogen (secondary N) is 1. The lowest BCUT2D eigenvalue weighted by Crippen LogP contribution is -2.37. The normalized spacial score (nSPS) is 18.2. The fraction of sp³-hybridized carbons (Fsp3) is 0.571. The summed E-state index contributed by atoms with van der Waals surface area (Å²) < 4.78 is 2.10. The van der Waals surface area contributed by atoms with E-state index in [4.69, 9.17) is 0 Å². The standard InChI is InChI=1S/C21H29N5OS/c27-19(22-17-10-4-1-5-11-17)16-28-21-24-23-20(25-14-8-3-9-15-25)26(21)18-12-6-2-7-13-18/h2,6-7,12-13,17H,1,3-5,8-11,14-16H2,(H,22,27). The Morgan fingerprint density at radius 3 is 2.46 bits per heavy atom. The van der Waals surface area contributed by atoms with Crippen molar-refractivity contribution >= 4 is 23.6 Å². The molecule has 1 saturated carbocycles. The van der Waals surface area contributed by atoms with E-state index in [1.165, 1.54) is 50.3 Å². The molecule has 1 saturated heterocycles. The molecule has 0 atom stereocenters. The molecule has 2 fully saturated rings. The minimum absolute atomic E-state index is 0.0963. The summed E-state index contributed by atoms with van der Waals surface area (Å²) in [5.74, 6) is 1.36. The first-order valence-electron chi connectivity index (χ1n) is 10.5. The van der Waals surface area contributed by atoms with Gasteiger partial charge in [0, 0.05) is 19.1 Å². The molecule has 4 rings (SSSR count). The molecule has 7 heteroatoms. The van der Waals surface area contributed by atoms with Crippen LogP contribution in [0.3, 0.4) is 0 Å². The van der Waals surface area contributed by atoms with Crippen LogP contribution in [0.2, 0.25) is 0 Å². The number of anilines is 1. The van der Waals surface area contributed by atoms with E-state index in [1.54, 1.807) is 0 Å². The first-order chi connectivity index (χ1) is 13.8. The van der Waals surface area contributed by atoms with Gasteiger partial charge in [0.05, 0.1) is 11.4 Å².